The second-order valence-corrected chi connectivity index (χ2v) is 6.72. The number of amides is 1. The van der Waals surface area contributed by atoms with Crippen LogP contribution >= 0.6 is 11.3 Å². The summed E-state index contributed by atoms with van der Waals surface area (Å²) in [5, 5.41) is 11.9. The van der Waals surface area contributed by atoms with Crippen LogP contribution in [-0.4, -0.2) is 20.7 Å². The third-order valence-corrected chi connectivity index (χ3v) is 4.62. The second kappa shape index (κ2) is 6.49. The monoisotopic (exact) mass is 348 g/mol. The molecular weight excluding hydrogens is 332 g/mol. The number of anilines is 1. The van der Waals surface area contributed by atoms with Crippen LogP contribution in [0.1, 0.15) is 5.56 Å². The molecule has 0 atom stereocenters. The molecule has 0 radical (unpaired) electrons. The number of carbonyl (C=O) groups excluding carboxylic acids is 1. The zero-order chi connectivity index (χ0) is 17.2. The summed E-state index contributed by atoms with van der Waals surface area (Å²) >= 11 is 1.42. The zero-order valence-electron chi connectivity index (χ0n) is 13.6. The highest BCUT2D eigenvalue weighted by Crippen LogP contribution is 2.27. The zero-order valence-corrected chi connectivity index (χ0v) is 14.5. The maximum atomic E-state index is 12.1. The Balaban J connectivity index is 1.50. The van der Waals surface area contributed by atoms with Crippen molar-refractivity contribution < 1.29 is 4.79 Å². The van der Waals surface area contributed by atoms with Gasteiger partial charge in [-0.3, -0.25) is 9.48 Å². The van der Waals surface area contributed by atoms with E-state index in [1.165, 1.54) is 22.1 Å². The maximum Gasteiger partial charge on any atom is 0.247 e. The van der Waals surface area contributed by atoms with Crippen LogP contribution in [0.15, 0.2) is 60.2 Å². The molecule has 0 aliphatic rings. The normalized spacial score (nSPS) is 10.9. The largest absolute Gasteiger partial charge is 0.300 e. The molecule has 0 aliphatic heterocycles. The molecule has 1 N–H and O–H groups in total. The van der Waals surface area contributed by atoms with Crippen molar-refractivity contribution in [2.24, 2.45) is 0 Å². The molecule has 0 unspecified atom stereocenters. The number of thiazole rings is 1. The smallest absolute Gasteiger partial charge is 0.247 e. The van der Waals surface area contributed by atoms with Gasteiger partial charge in [-0.15, -0.1) is 11.3 Å². The van der Waals surface area contributed by atoms with E-state index in [1.807, 2.05) is 30.6 Å². The fourth-order valence-electron chi connectivity index (χ4n) is 2.67. The Morgan fingerprint density at radius 1 is 1.20 bits per heavy atom. The van der Waals surface area contributed by atoms with E-state index in [0.717, 1.165) is 16.8 Å². The van der Waals surface area contributed by atoms with Crippen molar-refractivity contribution in [3.63, 3.8) is 0 Å². The standard InChI is InChI=1S/C19H16N4OS/c1-13-9-20-23(10-13)11-18(24)22-19-21-17(12-25-19)16-7-6-14-4-2-3-5-15(14)8-16/h2-10,12H,11H2,1H3,(H,21,22,24). The highest BCUT2D eigenvalue weighted by Gasteiger charge is 2.09. The molecule has 0 bridgehead atoms. The van der Waals surface area contributed by atoms with Crippen molar-refractivity contribution >= 4 is 33.1 Å². The number of fused-ring (bicyclic) bond motifs is 1. The lowest BCUT2D eigenvalue weighted by molar-refractivity contribution is -0.116. The van der Waals surface area contributed by atoms with Gasteiger partial charge >= 0.3 is 0 Å². The molecule has 0 aliphatic carbocycles. The van der Waals surface area contributed by atoms with E-state index in [1.54, 1.807) is 10.9 Å². The van der Waals surface area contributed by atoms with Crippen LogP contribution in [0, 0.1) is 6.92 Å². The van der Waals surface area contributed by atoms with Crippen LogP contribution in [0.4, 0.5) is 5.13 Å². The topological polar surface area (TPSA) is 59.8 Å². The van der Waals surface area contributed by atoms with E-state index in [-0.39, 0.29) is 12.5 Å². The second-order valence-electron chi connectivity index (χ2n) is 5.86. The number of carbonyl (C=O) groups is 1. The van der Waals surface area contributed by atoms with Gasteiger partial charge in [0.1, 0.15) is 6.54 Å². The summed E-state index contributed by atoms with van der Waals surface area (Å²) < 4.78 is 1.61. The molecule has 4 aromatic rings. The first-order valence-corrected chi connectivity index (χ1v) is 8.79. The lowest BCUT2D eigenvalue weighted by Crippen LogP contribution is -2.18. The summed E-state index contributed by atoms with van der Waals surface area (Å²) in [6, 6.07) is 14.5. The summed E-state index contributed by atoms with van der Waals surface area (Å²) in [7, 11) is 0. The fourth-order valence-corrected chi connectivity index (χ4v) is 3.41. The minimum Gasteiger partial charge on any atom is -0.300 e. The van der Waals surface area contributed by atoms with Gasteiger partial charge in [0, 0.05) is 17.1 Å². The maximum absolute atomic E-state index is 12.1. The van der Waals surface area contributed by atoms with Gasteiger partial charge in [-0.25, -0.2) is 4.98 Å². The quantitative estimate of drug-likeness (QED) is 0.604. The molecule has 4 rings (SSSR count). The molecule has 2 aromatic heterocycles. The first-order valence-electron chi connectivity index (χ1n) is 7.91. The average molecular weight is 348 g/mol. The third kappa shape index (κ3) is 3.44. The van der Waals surface area contributed by atoms with E-state index >= 15 is 0 Å². The van der Waals surface area contributed by atoms with Crippen LogP contribution in [0.25, 0.3) is 22.0 Å². The third-order valence-electron chi connectivity index (χ3n) is 3.86. The van der Waals surface area contributed by atoms with Crippen molar-refractivity contribution in [3.05, 3.63) is 65.8 Å². The molecule has 0 fully saturated rings. The minimum absolute atomic E-state index is 0.137. The number of aromatic nitrogens is 3. The van der Waals surface area contributed by atoms with Gasteiger partial charge in [0.2, 0.25) is 5.91 Å². The highest BCUT2D eigenvalue weighted by molar-refractivity contribution is 7.14. The Kier molecular flexibility index (Phi) is 4.03. The Hall–Kier alpha value is -2.99. The van der Waals surface area contributed by atoms with Crippen LogP contribution in [0.3, 0.4) is 0 Å². The Labute approximate surface area is 149 Å². The van der Waals surface area contributed by atoms with Crippen LogP contribution in [0.5, 0.6) is 0 Å². The van der Waals surface area contributed by atoms with Crippen molar-refractivity contribution in [2.75, 3.05) is 5.32 Å². The summed E-state index contributed by atoms with van der Waals surface area (Å²) in [5.74, 6) is -0.137. The van der Waals surface area contributed by atoms with Gasteiger partial charge in [-0.1, -0.05) is 36.4 Å². The van der Waals surface area contributed by atoms with Gasteiger partial charge in [0.25, 0.3) is 0 Å². The van der Waals surface area contributed by atoms with Crippen molar-refractivity contribution in [2.45, 2.75) is 13.5 Å². The Morgan fingerprint density at radius 2 is 2.04 bits per heavy atom. The predicted octanol–water partition coefficient (Wildman–Crippen LogP) is 4.11. The number of nitrogens with one attached hydrogen (secondary N) is 1. The molecule has 0 saturated carbocycles. The van der Waals surface area contributed by atoms with Gasteiger partial charge in [-0.2, -0.15) is 5.10 Å². The Bertz CT molecular complexity index is 1050. The van der Waals surface area contributed by atoms with E-state index in [9.17, 15) is 4.79 Å². The molecule has 0 spiro atoms. The number of hydrogen-bond donors (Lipinski definition) is 1. The molecule has 6 heteroatoms. The fraction of sp³-hybridized carbons (Fsp3) is 0.105. The van der Waals surface area contributed by atoms with Gasteiger partial charge in [0.15, 0.2) is 5.13 Å². The number of hydrogen-bond acceptors (Lipinski definition) is 4. The molecule has 124 valence electrons. The number of benzene rings is 2. The molecule has 5 nitrogen and oxygen atoms in total. The van der Waals surface area contributed by atoms with E-state index in [0.29, 0.717) is 5.13 Å². The number of rotatable bonds is 4. The molecule has 0 saturated heterocycles. The van der Waals surface area contributed by atoms with E-state index in [4.69, 9.17) is 0 Å². The summed E-state index contributed by atoms with van der Waals surface area (Å²) in [6.45, 7) is 2.12. The minimum atomic E-state index is -0.137. The average Bonchev–Trinajstić information content (AvgIpc) is 3.23. The number of aryl methyl sites for hydroxylation is 1. The van der Waals surface area contributed by atoms with Crippen LogP contribution in [0.2, 0.25) is 0 Å². The molecule has 25 heavy (non-hydrogen) atoms. The van der Waals surface area contributed by atoms with Crippen molar-refractivity contribution in [1.29, 1.82) is 0 Å². The highest BCUT2D eigenvalue weighted by atomic mass is 32.1. The number of nitrogens with zero attached hydrogens (tertiary/aromatic N) is 3. The lowest BCUT2D eigenvalue weighted by atomic mass is 10.1. The summed E-state index contributed by atoms with van der Waals surface area (Å²) in [4.78, 5) is 16.6. The van der Waals surface area contributed by atoms with Crippen molar-refractivity contribution in [3.8, 4) is 11.3 Å². The van der Waals surface area contributed by atoms with E-state index in [2.05, 4.69) is 45.7 Å². The first-order chi connectivity index (χ1) is 12.2. The lowest BCUT2D eigenvalue weighted by Gasteiger charge is -2.02. The molecular formula is C19H16N4OS. The first kappa shape index (κ1) is 15.5. The van der Waals surface area contributed by atoms with Crippen LogP contribution < -0.4 is 5.32 Å². The Morgan fingerprint density at radius 3 is 2.84 bits per heavy atom. The SMILES string of the molecule is Cc1cnn(CC(=O)Nc2nc(-c3ccc4ccccc4c3)cs2)c1. The van der Waals surface area contributed by atoms with Gasteiger partial charge in [0.05, 0.1) is 11.9 Å². The van der Waals surface area contributed by atoms with E-state index < -0.39 is 0 Å². The predicted molar refractivity (Wildman–Crippen MR) is 101 cm³/mol. The summed E-state index contributed by atoms with van der Waals surface area (Å²) in [5.41, 5.74) is 2.93. The van der Waals surface area contributed by atoms with Gasteiger partial charge < -0.3 is 5.32 Å². The summed E-state index contributed by atoms with van der Waals surface area (Å²) in [6.07, 6.45) is 3.57. The molecule has 2 heterocycles. The van der Waals surface area contributed by atoms with Gasteiger partial charge in [-0.05, 0) is 29.3 Å². The molecule has 1 amide bonds. The van der Waals surface area contributed by atoms with Crippen LogP contribution in [-0.2, 0) is 11.3 Å². The van der Waals surface area contributed by atoms with Crippen molar-refractivity contribution in [1.82, 2.24) is 14.8 Å². The molecule has 2 aromatic carbocycles.